The maximum Gasteiger partial charge on any atom is 0.306 e. The van der Waals surface area contributed by atoms with Gasteiger partial charge in [0.1, 0.15) is 6.61 Å². The summed E-state index contributed by atoms with van der Waals surface area (Å²) in [4.78, 5) is 24.2. The van der Waals surface area contributed by atoms with Crippen molar-refractivity contribution >= 4 is 11.9 Å². The number of allylic oxidation sites excluding steroid dienone is 10. The number of carbonyl (C=O) groups is 2. The number of aliphatic hydroxyl groups is 1. The lowest BCUT2D eigenvalue weighted by Crippen LogP contribution is -2.28. The molecule has 0 saturated carbocycles. The zero-order valence-electron chi connectivity index (χ0n) is 29.1. The summed E-state index contributed by atoms with van der Waals surface area (Å²) in [6, 6.07) is 0. The molecule has 45 heavy (non-hydrogen) atoms. The van der Waals surface area contributed by atoms with Crippen LogP contribution in [0, 0.1) is 0 Å². The summed E-state index contributed by atoms with van der Waals surface area (Å²) in [5.41, 5.74) is 0. The lowest BCUT2D eigenvalue weighted by Gasteiger charge is -2.15. The van der Waals surface area contributed by atoms with Gasteiger partial charge in [-0.25, -0.2) is 0 Å². The molecular formula is C40H68O5. The monoisotopic (exact) mass is 629 g/mol. The molecule has 0 bridgehead atoms. The molecule has 0 radical (unpaired) electrons. The van der Waals surface area contributed by atoms with Crippen molar-refractivity contribution < 1.29 is 24.2 Å². The first-order chi connectivity index (χ1) is 22.1. The van der Waals surface area contributed by atoms with Gasteiger partial charge < -0.3 is 14.6 Å². The van der Waals surface area contributed by atoms with E-state index in [0.717, 1.165) is 77.0 Å². The minimum absolute atomic E-state index is 0.0800. The normalized spacial score (nSPS) is 12.9. The van der Waals surface area contributed by atoms with Gasteiger partial charge in [-0.1, -0.05) is 152 Å². The molecule has 1 atom stereocenters. The molecule has 5 nitrogen and oxygen atoms in total. The second-order valence-corrected chi connectivity index (χ2v) is 11.9. The van der Waals surface area contributed by atoms with E-state index in [1.807, 2.05) is 0 Å². The van der Waals surface area contributed by atoms with Crippen LogP contribution >= 0.6 is 0 Å². The van der Waals surface area contributed by atoms with Crippen LogP contribution in [0.2, 0.25) is 0 Å². The van der Waals surface area contributed by atoms with Crippen LogP contribution in [0.1, 0.15) is 162 Å². The molecule has 0 heterocycles. The molecule has 0 fully saturated rings. The smallest absolute Gasteiger partial charge is 0.306 e. The third kappa shape index (κ3) is 34.3. The van der Waals surface area contributed by atoms with Crippen molar-refractivity contribution in [3.63, 3.8) is 0 Å². The van der Waals surface area contributed by atoms with Crippen molar-refractivity contribution in [2.75, 3.05) is 13.2 Å². The van der Waals surface area contributed by atoms with Gasteiger partial charge in [-0.05, 0) is 57.8 Å². The molecule has 258 valence electrons. The number of hydrogen-bond acceptors (Lipinski definition) is 5. The highest BCUT2D eigenvalue weighted by atomic mass is 16.6. The van der Waals surface area contributed by atoms with Crippen LogP contribution < -0.4 is 0 Å². The van der Waals surface area contributed by atoms with Crippen LogP contribution in [0.15, 0.2) is 60.8 Å². The molecule has 0 unspecified atom stereocenters. The molecule has 1 N–H and O–H groups in total. The first kappa shape index (κ1) is 42.6. The number of aliphatic hydroxyl groups excluding tert-OH is 1. The minimum Gasteiger partial charge on any atom is -0.462 e. The zero-order valence-corrected chi connectivity index (χ0v) is 29.1. The van der Waals surface area contributed by atoms with Gasteiger partial charge in [0.2, 0.25) is 0 Å². The van der Waals surface area contributed by atoms with E-state index in [1.165, 1.54) is 57.8 Å². The van der Waals surface area contributed by atoms with Crippen molar-refractivity contribution in [1.82, 2.24) is 0 Å². The van der Waals surface area contributed by atoms with E-state index in [2.05, 4.69) is 74.6 Å². The Bertz CT molecular complexity index is 808. The molecule has 0 aliphatic carbocycles. The third-order valence-corrected chi connectivity index (χ3v) is 7.58. The van der Waals surface area contributed by atoms with Crippen LogP contribution in [0.5, 0.6) is 0 Å². The fourth-order valence-corrected chi connectivity index (χ4v) is 4.81. The zero-order chi connectivity index (χ0) is 32.9. The maximum absolute atomic E-state index is 12.1. The largest absolute Gasteiger partial charge is 0.462 e. The van der Waals surface area contributed by atoms with Crippen LogP contribution in [0.3, 0.4) is 0 Å². The second-order valence-electron chi connectivity index (χ2n) is 11.9. The Labute approximate surface area is 277 Å². The molecule has 0 saturated heterocycles. The van der Waals surface area contributed by atoms with E-state index >= 15 is 0 Å². The highest BCUT2D eigenvalue weighted by Crippen LogP contribution is 2.13. The van der Waals surface area contributed by atoms with Crippen molar-refractivity contribution in [2.45, 2.75) is 168 Å². The van der Waals surface area contributed by atoms with Crippen LogP contribution in [-0.4, -0.2) is 36.4 Å². The summed E-state index contributed by atoms with van der Waals surface area (Å²) in [5.74, 6) is -0.632. The predicted molar refractivity (Wildman–Crippen MR) is 191 cm³/mol. The quantitative estimate of drug-likeness (QED) is 0.0456. The molecule has 0 aromatic carbocycles. The van der Waals surface area contributed by atoms with Crippen molar-refractivity contribution in [2.24, 2.45) is 0 Å². The van der Waals surface area contributed by atoms with Gasteiger partial charge in [-0.15, -0.1) is 0 Å². The predicted octanol–water partition coefficient (Wildman–Crippen LogP) is 11.2. The lowest BCUT2D eigenvalue weighted by molar-refractivity contribution is -0.161. The molecule has 0 aromatic rings. The Morgan fingerprint density at radius 2 is 0.956 bits per heavy atom. The van der Waals surface area contributed by atoms with E-state index in [1.54, 1.807) is 0 Å². The minimum atomic E-state index is -0.787. The second kappa shape index (κ2) is 36.1. The third-order valence-electron chi connectivity index (χ3n) is 7.58. The number of rotatable bonds is 32. The summed E-state index contributed by atoms with van der Waals surface area (Å²) in [5, 5.41) is 9.52. The summed E-state index contributed by atoms with van der Waals surface area (Å²) in [6.07, 6.45) is 45.6. The molecule has 0 amide bonds. The molecule has 0 aliphatic heterocycles. The van der Waals surface area contributed by atoms with Crippen LogP contribution in [-0.2, 0) is 19.1 Å². The number of hydrogen-bond donors (Lipinski definition) is 1. The fraction of sp³-hybridized carbons (Fsp3) is 0.700. The number of ether oxygens (including phenoxy) is 2. The standard InChI is InChI=1S/C40H68O5/c1-3-5-7-9-11-13-15-17-18-19-20-21-22-23-25-27-29-31-33-35-40(43)45-38(36-41)37-44-39(42)34-32-30-28-26-24-16-14-12-10-8-6-4-2/h5,7,11,13,17-18,20-21,23,25,38,41H,3-4,6,8-10,12,14-16,19,22,24,26-37H2,1-2H3/b7-5-,13-11-,18-17-,21-20-,25-23-/t38-/m0/s1. The maximum atomic E-state index is 12.1. The summed E-state index contributed by atoms with van der Waals surface area (Å²) >= 11 is 0. The molecule has 5 heteroatoms. The molecule has 0 aliphatic rings. The number of esters is 2. The molecule has 0 aromatic heterocycles. The number of unbranched alkanes of at least 4 members (excludes halogenated alkanes) is 14. The van der Waals surface area contributed by atoms with Gasteiger partial charge in [0.05, 0.1) is 6.61 Å². The van der Waals surface area contributed by atoms with E-state index < -0.39 is 6.10 Å². The van der Waals surface area contributed by atoms with Crippen molar-refractivity contribution in [3.8, 4) is 0 Å². The van der Waals surface area contributed by atoms with E-state index in [4.69, 9.17) is 9.47 Å². The summed E-state index contributed by atoms with van der Waals surface area (Å²) in [6.45, 7) is 3.98. The molecule has 0 spiro atoms. The average molecular weight is 629 g/mol. The highest BCUT2D eigenvalue weighted by molar-refractivity contribution is 5.70. The van der Waals surface area contributed by atoms with E-state index in [9.17, 15) is 14.7 Å². The van der Waals surface area contributed by atoms with E-state index in [0.29, 0.717) is 12.8 Å². The van der Waals surface area contributed by atoms with Crippen LogP contribution in [0.25, 0.3) is 0 Å². The first-order valence-electron chi connectivity index (χ1n) is 18.3. The van der Waals surface area contributed by atoms with Gasteiger partial charge in [-0.2, -0.15) is 0 Å². The molecular weight excluding hydrogens is 560 g/mol. The van der Waals surface area contributed by atoms with Crippen molar-refractivity contribution in [1.29, 1.82) is 0 Å². The Morgan fingerprint density at radius 3 is 1.44 bits per heavy atom. The van der Waals surface area contributed by atoms with Gasteiger partial charge in [0, 0.05) is 12.8 Å². The fourth-order valence-electron chi connectivity index (χ4n) is 4.81. The Kier molecular flexibility index (Phi) is 34.1. The SMILES string of the molecule is CC/C=C\C/C=C\C/C=C\C/C=C\C/C=C\CCCCCC(=O)O[C@@H](CO)COC(=O)CCCCCCCCCCCCCC. The highest BCUT2D eigenvalue weighted by Gasteiger charge is 2.16. The topological polar surface area (TPSA) is 72.8 Å². The van der Waals surface area contributed by atoms with Gasteiger partial charge >= 0.3 is 11.9 Å². The Balaban J connectivity index is 3.67. The summed E-state index contributed by atoms with van der Waals surface area (Å²) in [7, 11) is 0. The first-order valence-corrected chi connectivity index (χ1v) is 18.3. The van der Waals surface area contributed by atoms with Crippen LogP contribution in [0.4, 0.5) is 0 Å². The number of carbonyl (C=O) groups excluding carboxylic acids is 2. The lowest BCUT2D eigenvalue weighted by atomic mass is 10.0. The van der Waals surface area contributed by atoms with Crippen molar-refractivity contribution in [3.05, 3.63) is 60.8 Å². The van der Waals surface area contributed by atoms with Gasteiger partial charge in [-0.3, -0.25) is 9.59 Å². The summed E-state index contributed by atoms with van der Waals surface area (Å²) < 4.78 is 10.6. The Morgan fingerprint density at radius 1 is 0.533 bits per heavy atom. The molecule has 0 rings (SSSR count). The Hall–Kier alpha value is -2.40. The van der Waals surface area contributed by atoms with E-state index in [-0.39, 0.29) is 25.2 Å². The van der Waals surface area contributed by atoms with Gasteiger partial charge in [0.15, 0.2) is 6.10 Å². The average Bonchev–Trinajstić information content (AvgIpc) is 3.04. The van der Waals surface area contributed by atoms with Gasteiger partial charge in [0.25, 0.3) is 0 Å².